The van der Waals surface area contributed by atoms with Crippen molar-refractivity contribution in [1.82, 2.24) is 21.3 Å². The summed E-state index contributed by atoms with van der Waals surface area (Å²) in [5.74, 6) is -3.54. The predicted molar refractivity (Wildman–Crippen MR) is 89.6 cm³/mol. The van der Waals surface area contributed by atoms with E-state index < -0.39 is 48.4 Å². The zero-order chi connectivity index (χ0) is 19.7. The maximum Gasteiger partial charge on any atom is 0.322 e. The average Bonchev–Trinajstić information content (AvgIpc) is 3.10. The number of carboxylic acids is 1. The Hall–Kier alpha value is -2.69. The van der Waals surface area contributed by atoms with Gasteiger partial charge in [0.1, 0.15) is 18.6 Å². The minimum absolute atomic E-state index is 0.0108. The van der Waals surface area contributed by atoms with Gasteiger partial charge in [0.15, 0.2) is 0 Å². The zero-order valence-electron chi connectivity index (χ0n) is 14.5. The molecule has 26 heavy (non-hydrogen) atoms. The fraction of sp³-hybridized carbons (Fsp3) is 0.667. The summed E-state index contributed by atoms with van der Waals surface area (Å²) in [6, 6.07) is -2.46. The number of hydrogen-bond acceptors (Lipinski definition) is 6. The van der Waals surface area contributed by atoms with Crippen molar-refractivity contribution < 1.29 is 29.1 Å². The highest BCUT2D eigenvalue weighted by Gasteiger charge is 2.29. The molecule has 0 aromatic heterocycles. The van der Waals surface area contributed by atoms with Gasteiger partial charge in [-0.05, 0) is 32.7 Å². The lowest BCUT2D eigenvalue weighted by Gasteiger charge is -2.22. The zero-order valence-corrected chi connectivity index (χ0v) is 14.5. The Morgan fingerprint density at radius 2 is 1.88 bits per heavy atom. The van der Waals surface area contributed by atoms with Crippen LogP contribution in [0, 0.1) is 0 Å². The third-order valence-corrected chi connectivity index (χ3v) is 3.86. The van der Waals surface area contributed by atoms with Gasteiger partial charge in [0.05, 0.1) is 6.04 Å². The summed E-state index contributed by atoms with van der Waals surface area (Å²) in [4.78, 5) is 57.7. The topological polar surface area (TPSA) is 180 Å². The molecule has 1 aliphatic heterocycles. The third-order valence-electron chi connectivity index (χ3n) is 3.86. The minimum Gasteiger partial charge on any atom is -0.480 e. The Balaban J connectivity index is 2.63. The van der Waals surface area contributed by atoms with Crippen molar-refractivity contribution in [2.24, 2.45) is 5.73 Å². The van der Waals surface area contributed by atoms with E-state index in [9.17, 15) is 24.0 Å². The second-order valence-corrected chi connectivity index (χ2v) is 6.06. The van der Waals surface area contributed by atoms with Crippen LogP contribution in [0.4, 0.5) is 0 Å². The van der Waals surface area contributed by atoms with E-state index in [2.05, 4.69) is 21.3 Å². The van der Waals surface area contributed by atoms with Gasteiger partial charge in [-0.15, -0.1) is 0 Å². The molecule has 1 rings (SSSR count). The van der Waals surface area contributed by atoms with Crippen molar-refractivity contribution >= 4 is 29.6 Å². The normalized spacial score (nSPS) is 18.4. The van der Waals surface area contributed by atoms with Gasteiger partial charge in [0.25, 0.3) is 0 Å². The maximum atomic E-state index is 12.4. The molecular formula is C15H25N5O6. The highest BCUT2D eigenvalue weighted by molar-refractivity contribution is 5.93. The van der Waals surface area contributed by atoms with Crippen LogP contribution in [0.2, 0.25) is 0 Å². The first-order valence-corrected chi connectivity index (χ1v) is 8.32. The largest absolute Gasteiger partial charge is 0.480 e. The van der Waals surface area contributed by atoms with E-state index in [0.717, 1.165) is 6.42 Å². The predicted octanol–water partition coefficient (Wildman–Crippen LogP) is -2.81. The molecular weight excluding hydrogens is 346 g/mol. The SMILES string of the molecule is CC(NC(=O)C(CCC(N)=O)NC(=O)C1CCCN1)C(=O)NCC(=O)O. The van der Waals surface area contributed by atoms with Crippen molar-refractivity contribution in [2.45, 2.75) is 50.7 Å². The van der Waals surface area contributed by atoms with Gasteiger partial charge in [-0.25, -0.2) is 0 Å². The number of carboxylic acid groups (broad SMARTS) is 1. The van der Waals surface area contributed by atoms with Crippen molar-refractivity contribution in [3.05, 3.63) is 0 Å². The van der Waals surface area contributed by atoms with Gasteiger partial charge in [0, 0.05) is 6.42 Å². The number of carbonyl (C=O) groups excluding carboxylic acids is 4. The van der Waals surface area contributed by atoms with Crippen LogP contribution < -0.4 is 27.0 Å². The third kappa shape index (κ3) is 7.47. The number of rotatable bonds is 10. The van der Waals surface area contributed by atoms with Gasteiger partial charge >= 0.3 is 5.97 Å². The second-order valence-electron chi connectivity index (χ2n) is 6.06. The molecule has 0 saturated carbocycles. The van der Waals surface area contributed by atoms with Gasteiger partial charge in [-0.3, -0.25) is 24.0 Å². The van der Waals surface area contributed by atoms with Crippen molar-refractivity contribution in [2.75, 3.05) is 13.1 Å². The fourth-order valence-corrected chi connectivity index (χ4v) is 2.43. The number of carbonyl (C=O) groups is 5. The summed E-state index contributed by atoms with van der Waals surface area (Å²) in [7, 11) is 0. The quantitative estimate of drug-likeness (QED) is 0.240. The van der Waals surface area contributed by atoms with E-state index in [1.54, 1.807) is 0 Å². The molecule has 0 spiro atoms. The van der Waals surface area contributed by atoms with Crippen LogP contribution in [0.25, 0.3) is 0 Å². The van der Waals surface area contributed by atoms with Gasteiger partial charge in [-0.1, -0.05) is 0 Å². The van der Waals surface area contributed by atoms with Crippen LogP contribution in [0.3, 0.4) is 0 Å². The van der Waals surface area contributed by atoms with E-state index in [1.807, 2.05) is 0 Å². The first-order valence-electron chi connectivity index (χ1n) is 8.32. The molecule has 11 nitrogen and oxygen atoms in total. The highest BCUT2D eigenvalue weighted by Crippen LogP contribution is 2.06. The summed E-state index contributed by atoms with van der Waals surface area (Å²) >= 11 is 0. The first-order chi connectivity index (χ1) is 12.2. The second kappa shape index (κ2) is 10.3. The lowest BCUT2D eigenvalue weighted by atomic mass is 10.1. The fourth-order valence-electron chi connectivity index (χ4n) is 2.43. The first kappa shape index (κ1) is 21.4. The monoisotopic (exact) mass is 371 g/mol. The van der Waals surface area contributed by atoms with Crippen LogP contribution in [-0.4, -0.2) is 65.9 Å². The number of nitrogens with two attached hydrogens (primary N) is 1. The molecule has 4 amide bonds. The number of nitrogens with one attached hydrogen (secondary N) is 4. The van der Waals surface area contributed by atoms with Gasteiger partial charge < -0.3 is 32.1 Å². The molecule has 0 aromatic carbocycles. The van der Waals surface area contributed by atoms with Crippen LogP contribution in [0.5, 0.6) is 0 Å². The lowest BCUT2D eigenvalue weighted by molar-refractivity contribution is -0.138. The molecule has 0 aromatic rings. The molecule has 7 N–H and O–H groups in total. The Kier molecular flexibility index (Phi) is 8.49. The molecule has 0 radical (unpaired) electrons. The smallest absolute Gasteiger partial charge is 0.322 e. The standard InChI is InChI=1S/C15H25N5O6/c1-8(13(24)18-7-12(22)23)19-15(26)10(4-5-11(16)21)20-14(25)9-3-2-6-17-9/h8-10,17H,2-7H2,1H3,(H2,16,21)(H,18,24)(H,19,26)(H,20,25)(H,22,23). The minimum atomic E-state index is -1.22. The Morgan fingerprint density at radius 3 is 2.42 bits per heavy atom. The van der Waals surface area contributed by atoms with Gasteiger partial charge in [0.2, 0.25) is 23.6 Å². The molecule has 0 bridgehead atoms. The molecule has 0 aliphatic carbocycles. The molecule has 1 fully saturated rings. The van der Waals surface area contributed by atoms with E-state index in [4.69, 9.17) is 10.8 Å². The Labute approximate surface area is 150 Å². The van der Waals surface area contributed by atoms with E-state index in [0.29, 0.717) is 13.0 Å². The Bertz CT molecular complexity index is 561. The molecule has 1 heterocycles. The highest BCUT2D eigenvalue weighted by atomic mass is 16.4. The van der Waals surface area contributed by atoms with Crippen LogP contribution in [0.15, 0.2) is 0 Å². The molecule has 3 unspecified atom stereocenters. The van der Waals surface area contributed by atoms with Gasteiger partial charge in [-0.2, -0.15) is 0 Å². The Morgan fingerprint density at radius 1 is 1.19 bits per heavy atom. The molecule has 1 saturated heterocycles. The van der Waals surface area contributed by atoms with Crippen LogP contribution >= 0.6 is 0 Å². The summed E-state index contributed by atoms with van der Waals surface area (Å²) in [6.45, 7) is 1.51. The number of hydrogen-bond donors (Lipinski definition) is 6. The summed E-state index contributed by atoms with van der Waals surface area (Å²) in [6.07, 6.45) is 1.36. The van der Waals surface area contributed by atoms with Crippen molar-refractivity contribution in [3.8, 4) is 0 Å². The number of amides is 4. The number of primary amides is 1. The van der Waals surface area contributed by atoms with Crippen molar-refractivity contribution in [3.63, 3.8) is 0 Å². The van der Waals surface area contributed by atoms with E-state index in [1.165, 1.54) is 6.92 Å². The number of aliphatic carboxylic acids is 1. The van der Waals surface area contributed by atoms with E-state index >= 15 is 0 Å². The lowest BCUT2D eigenvalue weighted by Crippen LogP contribution is -2.55. The molecule has 1 aliphatic rings. The average molecular weight is 371 g/mol. The molecule has 146 valence electrons. The summed E-state index contributed by atoms with van der Waals surface area (Å²) in [5, 5.41) is 18.6. The van der Waals surface area contributed by atoms with E-state index in [-0.39, 0.29) is 18.7 Å². The van der Waals surface area contributed by atoms with Crippen LogP contribution in [-0.2, 0) is 24.0 Å². The molecule has 3 atom stereocenters. The molecule has 11 heteroatoms. The van der Waals surface area contributed by atoms with Crippen LogP contribution in [0.1, 0.15) is 32.6 Å². The maximum absolute atomic E-state index is 12.4. The summed E-state index contributed by atoms with van der Waals surface area (Å²) < 4.78 is 0. The summed E-state index contributed by atoms with van der Waals surface area (Å²) in [5.41, 5.74) is 5.10. The van der Waals surface area contributed by atoms with Crippen molar-refractivity contribution in [1.29, 1.82) is 0 Å².